The van der Waals surface area contributed by atoms with Crippen LogP contribution in [0.25, 0.3) is 10.9 Å². The molecule has 1 saturated heterocycles. The number of amides is 1. The summed E-state index contributed by atoms with van der Waals surface area (Å²) < 4.78 is 1.86. The highest BCUT2D eigenvalue weighted by atomic mass is 16.3. The van der Waals surface area contributed by atoms with E-state index in [4.69, 9.17) is 0 Å². The maximum atomic E-state index is 12.4. The molecular formula is C23H26N4O2. The van der Waals surface area contributed by atoms with Crippen molar-refractivity contribution in [2.45, 2.75) is 45.8 Å². The minimum atomic E-state index is -0.425. The van der Waals surface area contributed by atoms with Crippen molar-refractivity contribution < 1.29 is 9.90 Å². The number of carbonyl (C=O) groups excluding carboxylic acids is 1. The van der Waals surface area contributed by atoms with Crippen LogP contribution in [0.4, 0.5) is 5.69 Å². The molecule has 1 N–H and O–H groups in total. The van der Waals surface area contributed by atoms with Gasteiger partial charge in [0.05, 0.1) is 12.2 Å². The number of likely N-dealkylation sites (tertiary alicyclic amines) is 1. The first-order valence-corrected chi connectivity index (χ1v) is 10.1. The molecule has 1 aliphatic rings. The van der Waals surface area contributed by atoms with Crippen LogP contribution in [-0.2, 0) is 6.67 Å². The number of hydrogen-bond donors (Lipinski definition) is 1. The lowest BCUT2D eigenvalue weighted by Gasteiger charge is -2.33. The molecule has 0 aliphatic carbocycles. The highest BCUT2D eigenvalue weighted by molar-refractivity contribution is 5.97. The Kier molecular flexibility index (Phi) is 5.45. The summed E-state index contributed by atoms with van der Waals surface area (Å²) in [7, 11) is 0. The maximum absolute atomic E-state index is 12.4. The van der Waals surface area contributed by atoms with Gasteiger partial charge in [0.15, 0.2) is 5.69 Å². The smallest absolute Gasteiger partial charge is 0.295 e. The molecule has 1 fully saturated rings. The standard InChI is InChI=1S/C23H26N4O2/c1-16-10-12-18(13-11-16)22(28)25-24-21-19-8-3-4-9-20(19)27(23(21)29)15-26-14-6-5-7-17(26)2/h3-4,8-13,17,29H,5-7,14-15H2,1-2H3/t17-/m1/s1. The van der Waals surface area contributed by atoms with Crippen molar-refractivity contribution in [3.05, 3.63) is 59.7 Å². The van der Waals surface area contributed by atoms with Gasteiger partial charge in [0.1, 0.15) is 0 Å². The third kappa shape index (κ3) is 3.93. The van der Waals surface area contributed by atoms with E-state index in [9.17, 15) is 9.90 Å². The van der Waals surface area contributed by atoms with E-state index in [0.29, 0.717) is 24.0 Å². The number of para-hydroxylation sites is 1. The predicted molar refractivity (Wildman–Crippen MR) is 114 cm³/mol. The van der Waals surface area contributed by atoms with Gasteiger partial charge in [-0.2, -0.15) is 0 Å². The minimum Gasteiger partial charge on any atom is -0.493 e. The summed E-state index contributed by atoms with van der Waals surface area (Å²) in [6.07, 6.45) is 3.58. The number of fused-ring (bicyclic) bond motifs is 1. The Morgan fingerprint density at radius 3 is 2.66 bits per heavy atom. The molecule has 150 valence electrons. The van der Waals surface area contributed by atoms with E-state index < -0.39 is 5.91 Å². The number of aromatic hydroxyl groups is 1. The lowest BCUT2D eigenvalue weighted by molar-refractivity contribution is 0.0995. The summed E-state index contributed by atoms with van der Waals surface area (Å²) in [5.41, 5.74) is 2.78. The zero-order chi connectivity index (χ0) is 20.4. The topological polar surface area (TPSA) is 70.2 Å². The van der Waals surface area contributed by atoms with Gasteiger partial charge < -0.3 is 5.11 Å². The SMILES string of the molecule is Cc1ccc(C(=O)N=Nc2c(O)n(CN3CCCC[C@H]3C)c3ccccc23)cc1. The second-order valence-electron chi connectivity index (χ2n) is 7.79. The van der Waals surface area contributed by atoms with E-state index in [1.807, 2.05) is 47.9 Å². The fraction of sp³-hybridized carbons (Fsp3) is 0.348. The van der Waals surface area contributed by atoms with Gasteiger partial charge in [-0.05, 0) is 44.9 Å². The Bertz CT molecular complexity index is 1050. The summed E-state index contributed by atoms with van der Waals surface area (Å²) in [5.74, 6) is -0.379. The molecule has 2 aromatic carbocycles. The van der Waals surface area contributed by atoms with Crippen molar-refractivity contribution in [1.82, 2.24) is 9.47 Å². The molecule has 6 nitrogen and oxygen atoms in total. The van der Waals surface area contributed by atoms with Crippen LogP contribution < -0.4 is 0 Å². The van der Waals surface area contributed by atoms with Crippen molar-refractivity contribution in [3.63, 3.8) is 0 Å². The second-order valence-corrected chi connectivity index (χ2v) is 7.79. The van der Waals surface area contributed by atoms with E-state index >= 15 is 0 Å². The van der Waals surface area contributed by atoms with Crippen LogP contribution in [0.1, 0.15) is 42.1 Å². The first kappa shape index (κ1) is 19.3. The van der Waals surface area contributed by atoms with Crippen LogP contribution >= 0.6 is 0 Å². The molecule has 1 aliphatic heterocycles. The van der Waals surface area contributed by atoms with Gasteiger partial charge in [-0.3, -0.25) is 14.3 Å². The van der Waals surface area contributed by atoms with Gasteiger partial charge in [0, 0.05) is 23.5 Å². The fourth-order valence-electron chi connectivity index (χ4n) is 3.91. The van der Waals surface area contributed by atoms with Crippen molar-refractivity contribution in [2.24, 2.45) is 10.2 Å². The third-order valence-corrected chi connectivity index (χ3v) is 5.72. The molecule has 0 spiro atoms. The number of hydrogen-bond acceptors (Lipinski definition) is 4. The number of nitrogens with zero attached hydrogens (tertiary/aromatic N) is 4. The average Bonchev–Trinajstić information content (AvgIpc) is 2.99. The summed E-state index contributed by atoms with van der Waals surface area (Å²) in [6, 6.07) is 15.4. The van der Waals surface area contributed by atoms with Crippen molar-refractivity contribution in [3.8, 4) is 5.88 Å². The molecule has 0 saturated carbocycles. The molecule has 4 rings (SSSR count). The predicted octanol–water partition coefficient (Wildman–Crippen LogP) is 5.41. The molecule has 1 amide bonds. The van der Waals surface area contributed by atoms with Crippen LogP contribution in [-0.4, -0.2) is 33.1 Å². The first-order chi connectivity index (χ1) is 14.0. The fourth-order valence-corrected chi connectivity index (χ4v) is 3.91. The maximum Gasteiger partial charge on any atom is 0.295 e. The first-order valence-electron chi connectivity index (χ1n) is 10.1. The lowest BCUT2D eigenvalue weighted by Crippen LogP contribution is -2.38. The summed E-state index contributed by atoms with van der Waals surface area (Å²) in [4.78, 5) is 14.8. The third-order valence-electron chi connectivity index (χ3n) is 5.72. The van der Waals surface area contributed by atoms with Gasteiger partial charge >= 0.3 is 0 Å². The molecular weight excluding hydrogens is 364 g/mol. The molecule has 0 bridgehead atoms. The number of azo groups is 1. The molecule has 3 aromatic rings. The van der Waals surface area contributed by atoms with E-state index in [1.165, 1.54) is 12.8 Å². The Labute approximate surface area is 170 Å². The number of piperidine rings is 1. The number of rotatable bonds is 4. The summed E-state index contributed by atoms with van der Waals surface area (Å²) in [5, 5.41) is 19.7. The van der Waals surface area contributed by atoms with Gasteiger partial charge in [0.2, 0.25) is 5.88 Å². The van der Waals surface area contributed by atoms with E-state index in [-0.39, 0.29) is 5.88 Å². The van der Waals surface area contributed by atoms with Crippen molar-refractivity contribution in [2.75, 3.05) is 6.54 Å². The van der Waals surface area contributed by atoms with Gasteiger partial charge in [-0.25, -0.2) is 0 Å². The Morgan fingerprint density at radius 2 is 1.90 bits per heavy atom. The van der Waals surface area contributed by atoms with E-state index in [2.05, 4.69) is 22.1 Å². The summed E-state index contributed by atoms with van der Waals surface area (Å²) in [6.45, 7) is 5.79. The Hall–Kier alpha value is -2.99. The molecule has 29 heavy (non-hydrogen) atoms. The van der Waals surface area contributed by atoms with E-state index in [0.717, 1.165) is 29.4 Å². The molecule has 0 unspecified atom stereocenters. The van der Waals surface area contributed by atoms with Crippen LogP contribution in [0.15, 0.2) is 58.8 Å². The van der Waals surface area contributed by atoms with Crippen LogP contribution in [0.2, 0.25) is 0 Å². The average molecular weight is 390 g/mol. The van der Waals surface area contributed by atoms with Gasteiger partial charge in [-0.15, -0.1) is 10.2 Å². The number of carbonyl (C=O) groups is 1. The highest BCUT2D eigenvalue weighted by Crippen LogP contribution is 2.39. The summed E-state index contributed by atoms with van der Waals surface area (Å²) >= 11 is 0. The van der Waals surface area contributed by atoms with Gasteiger partial charge in [-0.1, -0.05) is 42.3 Å². The molecule has 1 aromatic heterocycles. The zero-order valence-corrected chi connectivity index (χ0v) is 16.9. The Balaban J connectivity index is 1.66. The highest BCUT2D eigenvalue weighted by Gasteiger charge is 2.23. The quantitative estimate of drug-likeness (QED) is 0.605. The van der Waals surface area contributed by atoms with Crippen molar-refractivity contribution in [1.29, 1.82) is 0 Å². The Morgan fingerprint density at radius 1 is 1.14 bits per heavy atom. The monoisotopic (exact) mass is 390 g/mol. The van der Waals surface area contributed by atoms with Gasteiger partial charge in [0.25, 0.3) is 5.91 Å². The lowest BCUT2D eigenvalue weighted by atomic mass is 10.0. The van der Waals surface area contributed by atoms with Crippen LogP contribution in [0.3, 0.4) is 0 Å². The van der Waals surface area contributed by atoms with Crippen molar-refractivity contribution >= 4 is 22.5 Å². The zero-order valence-electron chi connectivity index (χ0n) is 16.9. The number of benzene rings is 2. The number of aromatic nitrogens is 1. The minimum absolute atomic E-state index is 0.0458. The van der Waals surface area contributed by atoms with Crippen LogP contribution in [0.5, 0.6) is 5.88 Å². The second kappa shape index (κ2) is 8.17. The largest absolute Gasteiger partial charge is 0.493 e. The molecule has 1 atom stereocenters. The van der Waals surface area contributed by atoms with Crippen LogP contribution in [0, 0.1) is 6.92 Å². The normalized spacial score (nSPS) is 17.9. The molecule has 0 radical (unpaired) electrons. The molecule has 2 heterocycles. The number of aryl methyl sites for hydroxylation is 1. The van der Waals surface area contributed by atoms with E-state index in [1.54, 1.807) is 12.1 Å². The molecule has 6 heteroatoms.